The molecule has 0 aliphatic heterocycles. The van der Waals surface area contributed by atoms with Crippen LogP contribution < -0.4 is 0 Å². The van der Waals surface area contributed by atoms with Crippen LogP contribution >= 0.6 is 0 Å². The summed E-state index contributed by atoms with van der Waals surface area (Å²) < 4.78 is 36.7. The van der Waals surface area contributed by atoms with Gasteiger partial charge in [-0.05, 0) is 131 Å². The number of hydrogen-bond acceptors (Lipinski definition) is 4. The zero-order valence-electron chi connectivity index (χ0n) is 26.0. The first kappa shape index (κ1) is 32.1. The third-order valence-corrected chi connectivity index (χ3v) is 12.1. The van der Waals surface area contributed by atoms with Gasteiger partial charge in [0.1, 0.15) is 0 Å². The summed E-state index contributed by atoms with van der Waals surface area (Å²) in [6, 6.07) is 0. The zero-order valence-corrected chi connectivity index (χ0v) is 26.8. The van der Waals surface area contributed by atoms with Gasteiger partial charge in [-0.3, -0.25) is 4.55 Å². The number of rotatable bonds is 8. The van der Waals surface area contributed by atoms with Gasteiger partial charge in [0.05, 0.1) is 6.10 Å². The molecule has 0 amide bonds. The first-order chi connectivity index (χ1) is 17.6. The van der Waals surface area contributed by atoms with E-state index in [0.29, 0.717) is 24.2 Å². The van der Waals surface area contributed by atoms with Gasteiger partial charge in [0.25, 0.3) is 0 Å². The molecule has 0 heterocycles. The van der Waals surface area contributed by atoms with Crippen LogP contribution in [0.1, 0.15) is 112 Å². The van der Waals surface area contributed by atoms with E-state index in [-0.39, 0.29) is 5.41 Å². The third-order valence-electron chi connectivity index (χ3n) is 11.5. The summed E-state index contributed by atoms with van der Waals surface area (Å²) in [4.78, 5) is 2.00. The summed E-state index contributed by atoms with van der Waals surface area (Å²) >= 11 is 0. The summed E-state index contributed by atoms with van der Waals surface area (Å²) in [5, 5.41) is 0. The highest BCUT2D eigenvalue weighted by Gasteiger charge is 2.59. The fourth-order valence-electron chi connectivity index (χ4n) is 9.54. The van der Waals surface area contributed by atoms with Crippen molar-refractivity contribution in [2.24, 2.45) is 52.3 Å². The van der Waals surface area contributed by atoms with E-state index in [1.807, 2.05) is 26.0 Å². The maximum atomic E-state index is 11.3. The molecule has 4 aliphatic carbocycles. The fourth-order valence-corrected chi connectivity index (χ4v) is 10.1. The van der Waals surface area contributed by atoms with Gasteiger partial charge in [0, 0.05) is 0 Å². The Balaban J connectivity index is 0.000000934. The molecule has 6 heteroatoms. The number of hydrogen-bond donors (Lipinski definition) is 1. The average molecular weight is 554 g/mol. The predicted molar refractivity (Wildman–Crippen MR) is 158 cm³/mol. The van der Waals surface area contributed by atoms with Gasteiger partial charge in [-0.25, -0.2) is 4.18 Å². The molecule has 1 N–H and O–H groups in total. The molecule has 9 atom stereocenters. The van der Waals surface area contributed by atoms with Crippen molar-refractivity contribution in [2.75, 3.05) is 21.1 Å². The maximum absolute atomic E-state index is 11.3. The third kappa shape index (κ3) is 7.06. The lowest BCUT2D eigenvalue weighted by molar-refractivity contribution is -0.0563. The summed E-state index contributed by atoms with van der Waals surface area (Å²) in [5.74, 6) is 5.64. The fraction of sp³-hybridized carbons (Fsp3) is 0.938. The van der Waals surface area contributed by atoms with Crippen molar-refractivity contribution in [3.63, 3.8) is 0 Å². The lowest BCUT2D eigenvalue weighted by atomic mass is 9.47. The first-order valence-electron chi connectivity index (χ1n) is 15.6. The van der Waals surface area contributed by atoms with Crippen LogP contribution in [0.3, 0.4) is 0 Å². The van der Waals surface area contributed by atoms with Crippen molar-refractivity contribution in [2.45, 2.75) is 118 Å². The van der Waals surface area contributed by atoms with Crippen LogP contribution in [0.5, 0.6) is 0 Å². The highest BCUT2D eigenvalue weighted by atomic mass is 32.3. The number of allylic oxidation sites excluding steroid dienone is 1. The van der Waals surface area contributed by atoms with E-state index in [0.717, 1.165) is 48.3 Å². The Morgan fingerprint density at radius 2 is 1.68 bits per heavy atom. The molecule has 0 unspecified atom stereocenters. The standard InChI is InChI=1S/C29H50O4S.C3H9N/c1-7-21(19(2)3)9-8-20(4)25-12-13-26-24-11-10-22-18-23(33-34(30,31)32)14-16-28(22,5)27(24)15-17-29(25,26)6;1-4(2)3/h10,19-21,23-27H,7-9,11-18H2,1-6H3,(H,30,31,32);1-3H3/t20-,21-,23+,24+,25-,26+,27+,28+,29-;/m1./s1. The molecule has 0 aromatic heterocycles. The van der Waals surface area contributed by atoms with Gasteiger partial charge in [-0.1, -0.05) is 66.0 Å². The molecule has 0 aromatic carbocycles. The molecule has 4 rings (SSSR count). The highest BCUT2D eigenvalue weighted by molar-refractivity contribution is 7.80. The zero-order chi connectivity index (χ0) is 28.5. The SMILES string of the molecule is CC[C@H](CC[C@@H](C)[C@H]1CC[C@H]2[C@@H]3CC=C4C[C@@H](OS(=O)(=O)O)CC[C@]4(C)[C@H]3CC[C@]12C)C(C)C.CN(C)C. The Morgan fingerprint density at radius 1 is 1.03 bits per heavy atom. The van der Waals surface area contributed by atoms with Gasteiger partial charge in [-0.2, -0.15) is 8.42 Å². The normalized spacial score (nSPS) is 38.4. The minimum atomic E-state index is -4.38. The van der Waals surface area contributed by atoms with Crippen LogP contribution in [0.4, 0.5) is 0 Å². The van der Waals surface area contributed by atoms with Crippen molar-refractivity contribution in [1.29, 1.82) is 0 Å². The molecule has 4 aliphatic rings. The van der Waals surface area contributed by atoms with Gasteiger partial charge in [0.2, 0.25) is 0 Å². The quantitative estimate of drug-likeness (QED) is 0.243. The molecule has 0 aromatic rings. The molecule has 38 heavy (non-hydrogen) atoms. The Kier molecular flexibility index (Phi) is 10.7. The van der Waals surface area contributed by atoms with Crippen LogP contribution in [0, 0.1) is 52.3 Å². The number of fused-ring (bicyclic) bond motifs is 5. The molecule has 0 saturated heterocycles. The summed E-state index contributed by atoms with van der Waals surface area (Å²) in [5.41, 5.74) is 2.03. The van der Waals surface area contributed by atoms with Crippen LogP contribution in [-0.2, 0) is 14.6 Å². The monoisotopic (exact) mass is 553 g/mol. The van der Waals surface area contributed by atoms with Crippen molar-refractivity contribution in [3.05, 3.63) is 11.6 Å². The van der Waals surface area contributed by atoms with E-state index in [9.17, 15) is 8.42 Å². The van der Waals surface area contributed by atoms with Gasteiger partial charge < -0.3 is 4.90 Å². The smallest absolute Gasteiger partial charge is 0.312 e. The Morgan fingerprint density at radius 3 is 2.26 bits per heavy atom. The molecular weight excluding hydrogens is 494 g/mol. The Bertz CT molecular complexity index is 912. The molecule has 3 fully saturated rings. The second-order valence-corrected chi connectivity index (χ2v) is 15.7. The largest absolute Gasteiger partial charge is 0.397 e. The Labute approximate surface area is 235 Å². The second kappa shape index (κ2) is 12.6. The minimum Gasteiger partial charge on any atom is -0.312 e. The highest BCUT2D eigenvalue weighted by Crippen LogP contribution is 2.67. The molecule has 0 radical (unpaired) electrons. The molecule has 0 spiro atoms. The molecule has 3 saturated carbocycles. The first-order valence-corrected chi connectivity index (χ1v) is 16.9. The lowest BCUT2D eigenvalue weighted by Crippen LogP contribution is -2.51. The Hall–Kier alpha value is -0.430. The summed E-state index contributed by atoms with van der Waals surface area (Å²) in [6.07, 6.45) is 15.0. The van der Waals surface area contributed by atoms with Crippen molar-refractivity contribution >= 4 is 10.4 Å². The van der Waals surface area contributed by atoms with E-state index in [2.05, 4.69) is 47.6 Å². The van der Waals surface area contributed by atoms with Gasteiger partial charge >= 0.3 is 10.4 Å². The van der Waals surface area contributed by atoms with Crippen LogP contribution in [-0.4, -0.2) is 45.1 Å². The topological polar surface area (TPSA) is 66.8 Å². The van der Waals surface area contributed by atoms with Gasteiger partial charge in [-0.15, -0.1) is 0 Å². The summed E-state index contributed by atoms with van der Waals surface area (Å²) in [6.45, 7) is 14.8. The van der Waals surface area contributed by atoms with Crippen LogP contribution in [0.25, 0.3) is 0 Å². The minimum absolute atomic E-state index is 0.165. The van der Waals surface area contributed by atoms with Gasteiger partial charge in [0.15, 0.2) is 0 Å². The predicted octanol–water partition coefficient (Wildman–Crippen LogP) is 8.03. The second-order valence-electron chi connectivity index (χ2n) is 14.7. The van der Waals surface area contributed by atoms with E-state index in [1.165, 1.54) is 50.5 Å². The lowest BCUT2D eigenvalue weighted by Gasteiger charge is -2.58. The number of nitrogens with zero attached hydrogens (tertiary/aromatic N) is 1. The molecule has 222 valence electrons. The molecular formula is C32H59NO4S. The van der Waals surface area contributed by atoms with E-state index in [4.69, 9.17) is 8.74 Å². The van der Waals surface area contributed by atoms with E-state index in [1.54, 1.807) is 0 Å². The molecule has 0 bridgehead atoms. The molecule has 5 nitrogen and oxygen atoms in total. The van der Waals surface area contributed by atoms with Crippen molar-refractivity contribution in [3.8, 4) is 0 Å². The van der Waals surface area contributed by atoms with E-state index < -0.39 is 16.5 Å². The van der Waals surface area contributed by atoms with Crippen LogP contribution in [0.2, 0.25) is 0 Å². The van der Waals surface area contributed by atoms with Crippen molar-refractivity contribution < 1.29 is 17.2 Å². The van der Waals surface area contributed by atoms with Crippen LogP contribution in [0.15, 0.2) is 11.6 Å². The maximum Gasteiger partial charge on any atom is 0.397 e. The van der Waals surface area contributed by atoms with Crippen molar-refractivity contribution in [1.82, 2.24) is 4.90 Å². The van der Waals surface area contributed by atoms with E-state index >= 15 is 0 Å². The summed E-state index contributed by atoms with van der Waals surface area (Å²) in [7, 11) is 1.62. The average Bonchev–Trinajstić information content (AvgIpc) is 3.15.